The number of aromatic amines is 1. The van der Waals surface area contributed by atoms with Gasteiger partial charge in [0.15, 0.2) is 0 Å². The zero-order valence-electron chi connectivity index (χ0n) is 11.3. The topological polar surface area (TPSA) is 151 Å². The minimum Gasteiger partial charge on any atom is -0.390 e. The number of aromatic nitrogens is 2. The summed E-state index contributed by atoms with van der Waals surface area (Å²) in [6, 6.07) is 0. The SMILES string of the molecule is Cc1cn([C@@]2(F)C[C@H](O)[C@@H](COP(=O)(O)O)O2)c(=O)[nH]c1=O. The highest BCUT2D eigenvalue weighted by atomic mass is 31.2. The number of phosphoric ester groups is 1. The molecule has 0 aliphatic carbocycles. The number of rotatable bonds is 4. The lowest BCUT2D eigenvalue weighted by molar-refractivity contribution is -0.204. The molecule has 3 atom stereocenters. The minimum atomic E-state index is -4.81. The summed E-state index contributed by atoms with van der Waals surface area (Å²) in [5.74, 6) is -2.77. The van der Waals surface area contributed by atoms with Crippen molar-refractivity contribution in [2.45, 2.75) is 31.5 Å². The predicted octanol–water partition coefficient (Wildman–Crippen LogP) is -1.32. The van der Waals surface area contributed by atoms with Crippen molar-refractivity contribution >= 4 is 7.82 Å². The van der Waals surface area contributed by atoms with Gasteiger partial charge in [-0.1, -0.05) is 0 Å². The van der Waals surface area contributed by atoms with Crippen LogP contribution in [0, 0.1) is 6.92 Å². The molecule has 1 aromatic heterocycles. The molecule has 1 aromatic rings. The molecule has 0 amide bonds. The van der Waals surface area contributed by atoms with Crippen molar-refractivity contribution in [2.75, 3.05) is 6.61 Å². The van der Waals surface area contributed by atoms with Gasteiger partial charge in [0.2, 0.25) is 0 Å². The average molecular weight is 340 g/mol. The van der Waals surface area contributed by atoms with Crippen molar-refractivity contribution in [2.24, 2.45) is 0 Å². The quantitative estimate of drug-likeness (QED) is 0.493. The molecule has 22 heavy (non-hydrogen) atoms. The van der Waals surface area contributed by atoms with Gasteiger partial charge in [-0.3, -0.25) is 14.3 Å². The third kappa shape index (κ3) is 3.51. The molecule has 1 fully saturated rings. The molecular weight excluding hydrogens is 326 g/mol. The highest BCUT2D eigenvalue weighted by Crippen LogP contribution is 2.40. The van der Waals surface area contributed by atoms with Crippen molar-refractivity contribution in [1.82, 2.24) is 9.55 Å². The second kappa shape index (κ2) is 5.69. The van der Waals surface area contributed by atoms with Gasteiger partial charge in [0.05, 0.1) is 19.1 Å². The van der Waals surface area contributed by atoms with Gasteiger partial charge in [-0.15, -0.1) is 0 Å². The van der Waals surface area contributed by atoms with Gasteiger partial charge < -0.3 is 19.6 Å². The first kappa shape index (κ1) is 17.0. The third-order valence-electron chi connectivity index (χ3n) is 3.11. The zero-order chi connectivity index (χ0) is 16.7. The number of nitrogens with one attached hydrogen (secondary N) is 1. The van der Waals surface area contributed by atoms with Crippen LogP contribution >= 0.6 is 7.82 Å². The fraction of sp³-hybridized carbons (Fsp3) is 0.600. The van der Waals surface area contributed by atoms with E-state index >= 15 is 0 Å². The van der Waals surface area contributed by atoms with Crippen molar-refractivity contribution < 1.29 is 33.1 Å². The van der Waals surface area contributed by atoms with Crippen LogP contribution in [0.25, 0.3) is 0 Å². The van der Waals surface area contributed by atoms with Gasteiger partial charge in [-0.05, 0) is 6.92 Å². The Kier molecular flexibility index (Phi) is 4.39. The Morgan fingerprint density at radius 3 is 2.82 bits per heavy atom. The molecule has 2 rings (SSSR count). The van der Waals surface area contributed by atoms with Crippen molar-refractivity contribution in [1.29, 1.82) is 0 Å². The van der Waals surface area contributed by atoms with Crippen LogP contribution in [0.15, 0.2) is 15.8 Å². The van der Waals surface area contributed by atoms with Crippen LogP contribution in [0.5, 0.6) is 0 Å². The summed E-state index contributed by atoms with van der Waals surface area (Å²) < 4.78 is 34.8. The predicted molar refractivity (Wildman–Crippen MR) is 68.6 cm³/mol. The fourth-order valence-electron chi connectivity index (χ4n) is 2.03. The van der Waals surface area contributed by atoms with Crippen LogP contribution in [-0.4, -0.2) is 43.3 Å². The van der Waals surface area contributed by atoms with Crippen LogP contribution in [0.1, 0.15) is 12.0 Å². The van der Waals surface area contributed by atoms with Crippen molar-refractivity contribution in [3.63, 3.8) is 0 Å². The standard InChI is InChI=1S/C10H14FN2O8P/c1-5-3-13(9(16)12-8(5)15)10(11)2-6(14)7(21-10)4-20-22(17,18)19/h3,6-7,14H,2,4H2,1H3,(H,12,15,16)(H2,17,18,19)/t6-,7+,10-/m0/s1. The molecule has 4 N–H and O–H groups in total. The van der Waals surface area contributed by atoms with E-state index < -0.39 is 50.3 Å². The Bertz CT molecular complexity index is 726. The largest absolute Gasteiger partial charge is 0.469 e. The Balaban J connectivity index is 2.26. The lowest BCUT2D eigenvalue weighted by Gasteiger charge is -2.22. The number of halogens is 1. The van der Waals surface area contributed by atoms with E-state index in [9.17, 15) is 23.7 Å². The molecule has 2 heterocycles. The molecule has 1 aliphatic heterocycles. The monoisotopic (exact) mass is 340 g/mol. The Morgan fingerprint density at radius 1 is 1.59 bits per heavy atom. The molecule has 124 valence electrons. The van der Waals surface area contributed by atoms with Crippen LogP contribution in [0.3, 0.4) is 0 Å². The minimum absolute atomic E-state index is 0.0460. The van der Waals surface area contributed by atoms with E-state index in [-0.39, 0.29) is 5.56 Å². The number of aliphatic hydroxyl groups excluding tert-OH is 1. The summed E-state index contributed by atoms with van der Waals surface area (Å²) in [6.45, 7) is 0.575. The van der Waals surface area contributed by atoms with Crippen LogP contribution in [0.2, 0.25) is 0 Å². The fourth-order valence-corrected chi connectivity index (χ4v) is 2.37. The first-order chi connectivity index (χ1) is 10.0. The highest BCUT2D eigenvalue weighted by Gasteiger charge is 2.49. The normalized spacial score (nSPS) is 29.0. The lowest BCUT2D eigenvalue weighted by Crippen LogP contribution is -2.42. The van der Waals surface area contributed by atoms with E-state index in [2.05, 4.69) is 4.52 Å². The maximum absolute atomic E-state index is 14.7. The molecular formula is C10H14FN2O8P. The maximum atomic E-state index is 14.7. The molecule has 0 saturated carbocycles. The number of phosphoric acid groups is 1. The Labute approximate surface area is 122 Å². The van der Waals surface area contributed by atoms with E-state index in [4.69, 9.17) is 14.5 Å². The van der Waals surface area contributed by atoms with E-state index in [0.29, 0.717) is 4.57 Å². The third-order valence-corrected chi connectivity index (χ3v) is 3.59. The van der Waals surface area contributed by atoms with Gasteiger partial charge in [-0.25, -0.2) is 13.9 Å². The number of hydrogen-bond acceptors (Lipinski definition) is 6. The van der Waals surface area contributed by atoms with Crippen LogP contribution < -0.4 is 11.2 Å². The molecule has 0 radical (unpaired) electrons. The molecule has 1 aliphatic rings. The molecule has 0 spiro atoms. The van der Waals surface area contributed by atoms with Crippen LogP contribution in [0.4, 0.5) is 4.39 Å². The van der Waals surface area contributed by atoms with E-state index in [0.717, 1.165) is 6.20 Å². The number of alkyl halides is 1. The number of aryl methyl sites for hydroxylation is 1. The summed E-state index contributed by atoms with van der Waals surface area (Å²) >= 11 is 0. The maximum Gasteiger partial charge on any atom is 0.469 e. The van der Waals surface area contributed by atoms with E-state index in [1.807, 2.05) is 4.98 Å². The summed E-state index contributed by atoms with van der Waals surface area (Å²) in [7, 11) is -4.81. The van der Waals surface area contributed by atoms with Crippen molar-refractivity contribution in [3.8, 4) is 0 Å². The lowest BCUT2D eigenvalue weighted by atomic mass is 10.2. The highest BCUT2D eigenvalue weighted by molar-refractivity contribution is 7.46. The van der Waals surface area contributed by atoms with Gasteiger partial charge in [0, 0.05) is 11.8 Å². The molecule has 1 saturated heterocycles. The second-order valence-corrected chi connectivity index (χ2v) is 6.08. The second-order valence-electron chi connectivity index (χ2n) is 4.84. The Hall–Kier alpha value is -1.36. The number of hydrogen-bond donors (Lipinski definition) is 4. The Morgan fingerprint density at radius 2 is 2.23 bits per heavy atom. The summed E-state index contributed by atoms with van der Waals surface area (Å²) in [4.78, 5) is 42.0. The molecule has 0 aromatic carbocycles. The number of nitrogens with zero attached hydrogens (tertiary/aromatic N) is 1. The van der Waals surface area contributed by atoms with Gasteiger partial charge >= 0.3 is 13.5 Å². The summed E-state index contributed by atoms with van der Waals surface area (Å²) in [5.41, 5.74) is -1.73. The van der Waals surface area contributed by atoms with Gasteiger partial charge in [0.25, 0.3) is 11.5 Å². The number of H-pyrrole nitrogens is 1. The molecule has 10 nitrogen and oxygen atoms in total. The molecule has 12 heteroatoms. The smallest absolute Gasteiger partial charge is 0.390 e. The van der Waals surface area contributed by atoms with Gasteiger partial charge in [-0.2, -0.15) is 4.39 Å². The zero-order valence-corrected chi connectivity index (χ0v) is 12.2. The number of ether oxygens (including phenoxy) is 1. The first-order valence-electron chi connectivity index (χ1n) is 6.10. The molecule has 0 bridgehead atoms. The first-order valence-corrected chi connectivity index (χ1v) is 7.63. The average Bonchev–Trinajstić information content (AvgIpc) is 2.66. The van der Waals surface area contributed by atoms with Crippen molar-refractivity contribution in [3.05, 3.63) is 32.6 Å². The number of aliphatic hydroxyl groups is 1. The summed E-state index contributed by atoms with van der Waals surface area (Å²) in [6.07, 6.45) is -2.60. The summed E-state index contributed by atoms with van der Waals surface area (Å²) in [5, 5.41) is 9.71. The van der Waals surface area contributed by atoms with Gasteiger partial charge in [0.1, 0.15) is 6.10 Å². The van der Waals surface area contributed by atoms with Crippen LogP contribution in [-0.2, 0) is 19.8 Å². The van der Waals surface area contributed by atoms with E-state index in [1.165, 1.54) is 6.92 Å². The van der Waals surface area contributed by atoms with E-state index in [1.54, 1.807) is 0 Å². The molecule has 0 unspecified atom stereocenters.